The number of pyridine rings is 1. The van der Waals surface area contributed by atoms with Gasteiger partial charge < -0.3 is 19.7 Å². The smallest absolute Gasteiger partial charge is 0.337 e. The summed E-state index contributed by atoms with van der Waals surface area (Å²) in [6.45, 7) is 1.75. The molecular weight excluding hydrogens is 386 g/mol. The minimum Gasteiger partial charge on any atom is -0.761 e. The molecule has 2 heterocycles. The molecule has 148 valence electrons. The van der Waals surface area contributed by atoms with Crippen molar-refractivity contribution in [1.82, 2.24) is 4.40 Å². The van der Waals surface area contributed by atoms with Gasteiger partial charge in [0.25, 0.3) is 0 Å². The van der Waals surface area contributed by atoms with Gasteiger partial charge in [-0.05, 0) is 37.3 Å². The van der Waals surface area contributed by atoms with E-state index in [0.29, 0.717) is 22.5 Å². The van der Waals surface area contributed by atoms with E-state index in [-0.39, 0.29) is 16.8 Å². The number of azo groups is 1. The molecule has 0 spiro atoms. The van der Waals surface area contributed by atoms with Crippen LogP contribution < -0.4 is 4.74 Å². The van der Waals surface area contributed by atoms with E-state index in [1.54, 1.807) is 23.6 Å². The molecule has 2 aromatic heterocycles. The van der Waals surface area contributed by atoms with Crippen molar-refractivity contribution in [2.75, 3.05) is 7.11 Å². The second-order valence-corrected chi connectivity index (χ2v) is 6.10. The molecule has 0 amide bonds. The molecule has 3 aromatic rings. The van der Waals surface area contributed by atoms with Crippen molar-refractivity contribution in [3.8, 4) is 11.8 Å². The van der Waals surface area contributed by atoms with Crippen molar-refractivity contribution in [2.45, 2.75) is 6.92 Å². The average molecular weight is 400 g/mol. The summed E-state index contributed by atoms with van der Waals surface area (Å²) in [5.74, 6) is 0.357. The number of methoxy groups -OCH3 is 1. The SMILES string of the molecule is COc1c(C)c(C(=O)c2ccc(N=NC(=C=[N-])C#N)c(C(=O)O)c2)n2ccccc12. The Bertz CT molecular complexity index is 1310. The maximum atomic E-state index is 13.2. The topological polar surface area (TPSA) is 139 Å². The highest BCUT2D eigenvalue weighted by molar-refractivity contribution is 6.11. The fraction of sp³-hybridized carbons (Fsp3) is 0.0952. The van der Waals surface area contributed by atoms with E-state index in [4.69, 9.17) is 15.4 Å². The van der Waals surface area contributed by atoms with Crippen LogP contribution in [0.3, 0.4) is 0 Å². The van der Waals surface area contributed by atoms with Gasteiger partial charge in [0.15, 0.2) is 5.70 Å². The summed E-state index contributed by atoms with van der Waals surface area (Å²) >= 11 is 0. The third-order valence-electron chi connectivity index (χ3n) is 4.41. The molecule has 0 radical (unpaired) electrons. The molecule has 0 atom stereocenters. The number of allylic oxidation sites excluding steroid dienone is 1. The molecule has 9 nitrogen and oxygen atoms in total. The number of aromatic nitrogens is 1. The number of carbonyl (C=O) groups is 2. The third-order valence-corrected chi connectivity index (χ3v) is 4.41. The Balaban J connectivity index is 2.13. The lowest BCUT2D eigenvalue weighted by Gasteiger charge is -2.06. The molecule has 0 saturated carbocycles. The molecular formula is C21H14N5O4-. The molecule has 9 heteroatoms. The first kappa shape index (κ1) is 20.2. The number of carbonyl (C=O) groups excluding carboxylic acids is 1. The largest absolute Gasteiger partial charge is 0.761 e. The summed E-state index contributed by atoms with van der Waals surface area (Å²) in [5, 5.41) is 34.0. The first-order chi connectivity index (χ1) is 14.4. The Kier molecular flexibility index (Phi) is 5.54. The molecule has 0 aliphatic carbocycles. The molecule has 1 aromatic carbocycles. The monoisotopic (exact) mass is 400 g/mol. The summed E-state index contributed by atoms with van der Waals surface area (Å²) in [6, 6.07) is 10.8. The van der Waals surface area contributed by atoms with E-state index in [9.17, 15) is 14.7 Å². The Morgan fingerprint density at radius 3 is 2.67 bits per heavy atom. The first-order valence-corrected chi connectivity index (χ1v) is 8.57. The molecule has 0 bridgehead atoms. The highest BCUT2D eigenvalue weighted by Gasteiger charge is 2.23. The number of carboxylic acids is 1. The van der Waals surface area contributed by atoms with E-state index in [1.165, 1.54) is 37.2 Å². The van der Waals surface area contributed by atoms with E-state index >= 15 is 0 Å². The van der Waals surface area contributed by atoms with Crippen molar-refractivity contribution in [2.24, 2.45) is 10.2 Å². The maximum absolute atomic E-state index is 13.2. The van der Waals surface area contributed by atoms with Crippen LogP contribution in [0.4, 0.5) is 5.69 Å². The minimum absolute atomic E-state index is 0.0867. The van der Waals surface area contributed by atoms with Crippen molar-refractivity contribution in [3.05, 3.63) is 76.1 Å². The van der Waals surface area contributed by atoms with E-state index < -0.39 is 17.4 Å². The quantitative estimate of drug-likeness (QED) is 0.289. The van der Waals surface area contributed by atoms with Gasteiger partial charge in [-0.15, -0.1) is 10.2 Å². The van der Waals surface area contributed by atoms with Crippen LogP contribution >= 0.6 is 0 Å². The van der Waals surface area contributed by atoms with Crippen LogP contribution in [-0.2, 0) is 0 Å². The van der Waals surface area contributed by atoms with Gasteiger partial charge in [0.1, 0.15) is 23.2 Å². The maximum Gasteiger partial charge on any atom is 0.337 e. The van der Waals surface area contributed by atoms with E-state index in [2.05, 4.69) is 10.2 Å². The van der Waals surface area contributed by atoms with Gasteiger partial charge in [-0.2, -0.15) is 5.26 Å². The van der Waals surface area contributed by atoms with Gasteiger partial charge in [0.05, 0.1) is 18.2 Å². The standard InChI is InChI=1S/C21H14N5O4/c1-12-18(26-8-4-3-5-17(26)20(12)30-2)19(27)13-6-7-16(15(9-13)21(28)29)25-24-14(10-22)11-23/h3-9H,1-2H3,(H,28,29)/q-1. The van der Waals surface area contributed by atoms with Gasteiger partial charge in [0, 0.05) is 17.3 Å². The molecule has 0 fully saturated rings. The highest BCUT2D eigenvalue weighted by atomic mass is 16.5. The van der Waals surface area contributed by atoms with Crippen LogP contribution in [0.2, 0.25) is 0 Å². The number of aromatic carboxylic acids is 1. The van der Waals surface area contributed by atoms with Crippen LogP contribution in [-0.4, -0.2) is 34.2 Å². The number of fused-ring (bicyclic) bond motifs is 1. The summed E-state index contributed by atoms with van der Waals surface area (Å²) in [6.07, 6.45) is 1.72. The fourth-order valence-corrected chi connectivity index (χ4v) is 3.09. The van der Waals surface area contributed by atoms with Gasteiger partial charge >= 0.3 is 5.97 Å². The number of ketones is 1. The first-order valence-electron chi connectivity index (χ1n) is 8.57. The molecule has 30 heavy (non-hydrogen) atoms. The van der Waals surface area contributed by atoms with Gasteiger partial charge in [0.2, 0.25) is 5.78 Å². The van der Waals surface area contributed by atoms with Gasteiger partial charge in [-0.1, -0.05) is 6.07 Å². The van der Waals surface area contributed by atoms with Crippen molar-refractivity contribution >= 4 is 28.8 Å². The van der Waals surface area contributed by atoms with Crippen molar-refractivity contribution in [1.29, 1.82) is 5.26 Å². The Morgan fingerprint density at radius 1 is 1.27 bits per heavy atom. The zero-order valence-corrected chi connectivity index (χ0v) is 15.9. The number of hydrogen-bond acceptors (Lipinski definition) is 6. The number of nitrogens with zero attached hydrogens (tertiary/aromatic N) is 5. The number of benzene rings is 1. The van der Waals surface area contributed by atoms with Crippen molar-refractivity contribution < 1.29 is 19.4 Å². The van der Waals surface area contributed by atoms with Crippen LogP contribution in [0.1, 0.15) is 32.0 Å². The fourth-order valence-electron chi connectivity index (χ4n) is 3.09. The average Bonchev–Trinajstić information content (AvgIpc) is 3.04. The number of carboxylic acid groups (broad SMARTS) is 1. The van der Waals surface area contributed by atoms with E-state index in [0.717, 1.165) is 0 Å². The summed E-state index contributed by atoms with van der Waals surface area (Å²) in [7, 11) is 1.51. The third kappa shape index (κ3) is 3.46. The lowest BCUT2D eigenvalue weighted by Crippen LogP contribution is -2.08. The minimum atomic E-state index is -1.33. The molecule has 0 aliphatic rings. The van der Waals surface area contributed by atoms with Gasteiger partial charge in [-0.3, -0.25) is 4.79 Å². The van der Waals surface area contributed by atoms with Crippen LogP contribution in [0, 0.1) is 18.3 Å². The Labute approximate surface area is 170 Å². The Morgan fingerprint density at radius 2 is 2.03 bits per heavy atom. The van der Waals surface area contributed by atoms with Gasteiger partial charge in [-0.25, -0.2) is 10.7 Å². The summed E-state index contributed by atoms with van der Waals surface area (Å²) in [5.41, 5.74) is 0.913. The molecule has 1 N–H and O–H groups in total. The number of nitriles is 1. The summed E-state index contributed by atoms with van der Waals surface area (Å²) < 4.78 is 7.12. The highest BCUT2D eigenvalue weighted by Crippen LogP contribution is 2.32. The number of hydrogen-bond donors (Lipinski definition) is 1. The molecule has 0 aliphatic heterocycles. The Hall–Kier alpha value is -4.54. The predicted octanol–water partition coefficient (Wildman–Crippen LogP) is 3.92. The molecule has 0 unspecified atom stereocenters. The zero-order chi connectivity index (χ0) is 21.8. The number of rotatable bonds is 6. The second kappa shape index (κ2) is 8.22. The zero-order valence-electron chi connectivity index (χ0n) is 15.9. The van der Waals surface area contributed by atoms with Crippen LogP contribution in [0.5, 0.6) is 5.75 Å². The van der Waals surface area contributed by atoms with Crippen LogP contribution in [0.25, 0.3) is 10.9 Å². The number of ether oxygens (including phenoxy) is 1. The summed E-state index contributed by atoms with van der Waals surface area (Å²) in [4.78, 5) is 24.9. The predicted molar refractivity (Wildman–Crippen MR) is 108 cm³/mol. The lowest BCUT2D eigenvalue weighted by atomic mass is 10.0. The second-order valence-electron chi connectivity index (χ2n) is 6.10. The molecule has 0 saturated heterocycles. The molecule has 3 rings (SSSR count). The van der Waals surface area contributed by atoms with E-state index in [1.807, 2.05) is 12.1 Å². The lowest BCUT2D eigenvalue weighted by molar-refractivity contribution is 0.0697. The van der Waals surface area contributed by atoms with Crippen LogP contribution in [0.15, 0.2) is 58.5 Å². The van der Waals surface area contributed by atoms with Crippen molar-refractivity contribution in [3.63, 3.8) is 0 Å². The normalized spacial score (nSPS) is 10.6.